The number of benzene rings is 2. The van der Waals surface area contributed by atoms with Gasteiger partial charge in [-0.1, -0.05) is 29.8 Å². The quantitative estimate of drug-likeness (QED) is 0.893. The molecule has 0 aliphatic rings. The van der Waals surface area contributed by atoms with Gasteiger partial charge in [0.1, 0.15) is 11.9 Å². The van der Waals surface area contributed by atoms with Crippen LogP contribution in [-0.2, 0) is 0 Å². The summed E-state index contributed by atoms with van der Waals surface area (Å²) in [5.41, 5.74) is 1.80. The van der Waals surface area contributed by atoms with Gasteiger partial charge in [-0.25, -0.2) is 4.39 Å². The molecule has 0 saturated carbocycles. The van der Waals surface area contributed by atoms with Crippen LogP contribution in [0.5, 0.6) is 0 Å². The second-order valence-electron chi connectivity index (χ2n) is 4.19. The van der Waals surface area contributed by atoms with Gasteiger partial charge in [0.2, 0.25) is 0 Å². The van der Waals surface area contributed by atoms with E-state index in [4.69, 9.17) is 16.9 Å². The van der Waals surface area contributed by atoms with E-state index >= 15 is 0 Å². The summed E-state index contributed by atoms with van der Waals surface area (Å²) < 4.78 is 13.1. The van der Waals surface area contributed by atoms with Crippen molar-refractivity contribution in [1.29, 1.82) is 5.26 Å². The highest BCUT2D eigenvalue weighted by Crippen LogP contribution is 2.27. The third-order valence-electron chi connectivity index (χ3n) is 2.85. The maximum absolute atomic E-state index is 13.1. The monoisotopic (exact) mass is 274 g/mol. The molecule has 96 valence electrons. The molecule has 0 amide bonds. The van der Waals surface area contributed by atoms with Crippen molar-refractivity contribution in [2.45, 2.75) is 13.0 Å². The lowest BCUT2D eigenvalue weighted by Gasteiger charge is -2.17. The predicted octanol–water partition coefficient (Wildman–Crippen LogP) is 4.52. The van der Waals surface area contributed by atoms with Gasteiger partial charge >= 0.3 is 0 Å². The fourth-order valence-electron chi connectivity index (χ4n) is 1.87. The van der Waals surface area contributed by atoms with Gasteiger partial charge < -0.3 is 5.32 Å². The molecule has 2 rings (SSSR count). The summed E-state index contributed by atoms with van der Waals surface area (Å²) in [5.74, 6) is -0.424. The molecule has 0 heterocycles. The highest BCUT2D eigenvalue weighted by atomic mass is 35.5. The van der Waals surface area contributed by atoms with E-state index in [-0.39, 0.29) is 11.6 Å². The second kappa shape index (κ2) is 5.73. The molecule has 0 aliphatic heterocycles. The Morgan fingerprint density at radius 3 is 2.68 bits per heavy atom. The molecule has 0 aliphatic carbocycles. The molecule has 2 aromatic rings. The largest absolute Gasteiger partial charge is 0.377 e. The average molecular weight is 275 g/mol. The Hall–Kier alpha value is -2.05. The molecule has 4 heteroatoms. The lowest BCUT2D eigenvalue weighted by atomic mass is 10.1. The zero-order valence-corrected chi connectivity index (χ0v) is 11.1. The minimum atomic E-state index is -0.424. The highest BCUT2D eigenvalue weighted by molar-refractivity contribution is 6.31. The SMILES string of the molecule is CC(Nc1ccc(F)cc1C#N)c1ccccc1Cl. The summed E-state index contributed by atoms with van der Waals surface area (Å²) in [6.07, 6.45) is 0. The molecule has 0 aromatic heterocycles. The maximum atomic E-state index is 13.1. The van der Waals surface area contributed by atoms with Crippen LogP contribution in [0.4, 0.5) is 10.1 Å². The summed E-state index contributed by atoms with van der Waals surface area (Å²) >= 11 is 6.12. The topological polar surface area (TPSA) is 35.8 Å². The van der Waals surface area contributed by atoms with E-state index in [1.807, 2.05) is 37.3 Å². The summed E-state index contributed by atoms with van der Waals surface area (Å²) in [6.45, 7) is 1.94. The number of nitrogens with one attached hydrogen (secondary N) is 1. The van der Waals surface area contributed by atoms with Crippen LogP contribution in [0.2, 0.25) is 5.02 Å². The molecular weight excluding hydrogens is 263 g/mol. The third kappa shape index (κ3) is 3.04. The first-order chi connectivity index (χ1) is 9.11. The molecule has 0 bridgehead atoms. The van der Waals surface area contributed by atoms with E-state index in [9.17, 15) is 4.39 Å². The number of nitrogens with zero attached hydrogens (tertiary/aromatic N) is 1. The van der Waals surface area contributed by atoms with Gasteiger partial charge in [-0.2, -0.15) is 5.26 Å². The minimum Gasteiger partial charge on any atom is -0.377 e. The maximum Gasteiger partial charge on any atom is 0.124 e. The van der Waals surface area contributed by atoms with Crippen molar-refractivity contribution in [1.82, 2.24) is 0 Å². The lowest BCUT2D eigenvalue weighted by molar-refractivity contribution is 0.627. The number of hydrogen-bond donors (Lipinski definition) is 1. The molecule has 2 aromatic carbocycles. The van der Waals surface area contributed by atoms with E-state index < -0.39 is 5.82 Å². The van der Waals surface area contributed by atoms with Crippen molar-refractivity contribution in [3.63, 3.8) is 0 Å². The Kier molecular flexibility index (Phi) is 4.03. The van der Waals surface area contributed by atoms with Gasteiger partial charge in [-0.15, -0.1) is 0 Å². The Morgan fingerprint density at radius 1 is 1.26 bits per heavy atom. The van der Waals surface area contributed by atoms with Crippen molar-refractivity contribution in [3.05, 3.63) is 64.4 Å². The fraction of sp³-hybridized carbons (Fsp3) is 0.133. The molecule has 1 N–H and O–H groups in total. The summed E-state index contributed by atoms with van der Waals surface area (Å²) in [5, 5.41) is 12.8. The van der Waals surface area contributed by atoms with Crippen molar-refractivity contribution in [3.8, 4) is 6.07 Å². The Morgan fingerprint density at radius 2 is 2.00 bits per heavy atom. The third-order valence-corrected chi connectivity index (χ3v) is 3.19. The van der Waals surface area contributed by atoms with Crippen LogP contribution in [0.3, 0.4) is 0 Å². The number of halogens is 2. The standard InChI is InChI=1S/C15H12ClFN2/c1-10(13-4-2-3-5-14(13)16)19-15-7-6-12(17)8-11(15)9-18/h2-8,10,19H,1H3. The molecule has 0 spiro atoms. The number of anilines is 1. The van der Waals surface area contributed by atoms with Crippen molar-refractivity contribution < 1.29 is 4.39 Å². The van der Waals surface area contributed by atoms with Crippen molar-refractivity contribution in [2.24, 2.45) is 0 Å². The minimum absolute atomic E-state index is 0.0775. The van der Waals surface area contributed by atoms with Gasteiger partial charge in [0, 0.05) is 5.02 Å². The summed E-state index contributed by atoms with van der Waals surface area (Å²) in [6, 6.07) is 13.5. The average Bonchev–Trinajstić information content (AvgIpc) is 2.41. The molecule has 1 atom stereocenters. The Labute approximate surface area is 116 Å². The molecule has 1 unspecified atom stereocenters. The zero-order valence-electron chi connectivity index (χ0n) is 10.3. The molecule has 2 nitrogen and oxygen atoms in total. The van der Waals surface area contributed by atoms with E-state index in [1.54, 1.807) is 6.07 Å². The molecule has 0 fully saturated rings. The van der Waals surface area contributed by atoms with Gasteiger partial charge in [-0.3, -0.25) is 0 Å². The van der Waals surface area contributed by atoms with E-state index in [0.717, 1.165) is 5.56 Å². The van der Waals surface area contributed by atoms with E-state index in [0.29, 0.717) is 10.7 Å². The van der Waals surface area contributed by atoms with Crippen molar-refractivity contribution in [2.75, 3.05) is 5.32 Å². The van der Waals surface area contributed by atoms with Crippen LogP contribution in [0.1, 0.15) is 24.1 Å². The van der Waals surface area contributed by atoms with Crippen LogP contribution in [0.15, 0.2) is 42.5 Å². The van der Waals surface area contributed by atoms with Crippen LogP contribution in [0, 0.1) is 17.1 Å². The second-order valence-corrected chi connectivity index (χ2v) is 4.60. The smallest absolute Gasteiger partial charge is 0.124 e. The normalized spacial score (nSPS) is 11.7. The number of rotatable bonds is 3. The van der Waals surface area contributed by atoms with Crippen LogP contribution in [0.25, 0.3) is 0 Å². The molecular formula is C15H12ClFN2. The highest BCUT2D eigenvalue weighted by Gasteiger charge is 2.11. The predicted molar refractivity (Wildman–Crippen MR) is 74.6 cm³/mol. The first kappa shape index (κ1) is 13.4. The number of nitriles is 1. The van der Waals surface area contributed by atoms with Gasteiger partial charge in [0.25, 0.3) is 0 Å². The summed E-state index contributed by atoms with van der Waals surface area (Å²) in [4.78, 5) is 0. The Bertz CT molecular complexity index is 634. The van der Waals surface area contributed by atoms with E-state index in [1.165, 1.54) is 12.1 Å². The van der Waals surface area contributed by atoms with Crippen LogP contribution < -0.4 is 5.32 Å². The first-order valence-corrected chi connectivity index (χ1v) is 6.20. The zero-order chi connectivity index (χ0) is 13.8. The van der Waals surface area contributed by atoms with Crippen LogP contribution in [-0.4, -0.2) is 0 Å². The fourth-order valence-corrected chi connectivity index (χ4v) is 2.17. The van der Waals surface area contributed by atoms with E-state index in [2.05, 4.69) is 5.32 Å². The molecule has 0 radical (unpaired) electrons. The number of hydrogen-bond acceptors (Lipinski definition) is 2. The molecule has 0 saturated heterocycles. The molecule has 19 heavy (non-hydrogen) atoms. The Balaban J connectivity index is 2.27. The lowest BCUT2D eigenvalue weighted by Crippen LogP contribution is -2.08. The van der Waals surface area contributed by atoms with Crippen LogP contribution >= 0.6 is 11.6 Å². The van der Waals surface area contributed by atoms with Gasteiger partial charge in [-0.05, 0) is 36.8 Å². The van der Waals surface area contributed by atoms with Gasteiger partial charge in [0.15, 0.2) is 0 Å². The first-order valence-electron chi connectivity index (χ1n) is 5.82. The summed E-state index contributed by atoms with van der Waals surface area (Å²) in [7, 11) is 0. The van der Waals surface area contributed by atoms with Crippen molar-refractivity contribution >= 4 is 17.3 Å². The van der Waals surface area contributed by atoms with Gasteiger partial charge in [0.05, 0.1) is 17.3 Å².